The van der Waals surface area contributed by atoms with Crippen LogP contribution in [-0.2, 0) is 9.53 Å². The second kappa shape index (κ2) is 7.19. The van der Waals surface area contributed by atoms with Crippen molar-refractivity contribution in [1.82, 2.24) is 0 Å². The van der Waals surface area contributed by atoms with Crippen molar-refractivity contribution in [3.05, 3.63) is 54.1 Å². The maximum atomic E-state index is 12.7. The number of hydrogen-bond acceptors (Lipinski definition) is 4. The summed E-state index contributed by atoms with van der Waals surface area (Å²) in [4.78, 5) is 14.4. The average molecular weight is 325 g/mol. The van der Waals surface area contributed by atoms with Crippen molar-refractivity contribution < 1.29 is 19.0 Å². The fourth-order valence-electron chi connectivity index (χ4n) is 2.65. The third-order valence-electron chi connectivity index (χ3n) is 3.76. The molecule has 1 amide bonds. The number of hydrogen-bond donors (Lipinski definition) is 0. The third kappa shape index (κ3) is 3.12. The van der Waals surface area contributed by atoms with Gasteiger partial charge in [0.2, 0.25) is 5.91 Å². The number of carbonyl (C=O) groups excluding carboxylic acids is 1. The van der Waals surface area contributed by atoms with E-state index in [4.69, 9.17) is 14.2 Å². The Morgan fingerprint density at radius 1 is 1.08 bits per heavy atom. The molecule has 0 fully saturated rings. The summed E-state index contributed by atoms with van der Waals surface area (Å²) in [6, 6.07) is 13.2. The molecule has 5 heteroatoms. The van der Waals surface area contributed by atoms with Gasteiger partial charge < -0.3 is 14.2 Å². The smallest absolute Gasteiger partial charge is 0.235 e. The summed E-state index contributed by atoms with van der Waals surface area (Å²) >= 11 is 0. The SMILES string of the molecule is COCOc1cc(OC)ccc1N1C(=O)CC=Cc2ccccc21. The van der Waals surface area contributed by atoms with Crippen molar-refractivity contribution in [1.29, 1.82) is 0 Å². The van der Waals surface area contributed by atoms with Gasteiger partial charge in [0.25, 0.3) is 0 Å². The Morgan fingerprint density at radius 2 is 1.92 bits per heavy atom. The Balaban J connectivity index is 2.11. The summed E-state index contributed by atoms with van der Waals surface area (Å²) in [6.45, 7) is 0.0854. The summed E-state index contributed by atoms with van der Waals surface area (Å²) in [5, 5.41) is 0. The summed E-state index contributed by atoms with van der Waals surface area (Å²) in [7, 11) is 3.14. The van der Waals surface area contributed by atoms with Gasteiger partial charge in [0.15, 0.2) is 6.79 Å². The fourth-order valence-corrected chi connectivity index (χ4v) is 2.65. The van der Waals surface area contributed by atoms with Gasteiger partial charge in [-0.3, -0.25) is 9.69 Å². The number of benzene rings is 2. The molecule has 0 radical (unpaired) electrons. The first-order valence-electron chi connectivity index (χ1n) is 7.63. The lowest BCUT2D eigenvalue weighted by Crippen LogP contribution is -2.25. The van der Waals surface area contributed by atoms with E-state index in [0.29, 0.717) is 23.6 Å². The molecule has 1 heterocycles. The number of amides is 1. The van der Waals surface area contributed by atoms with Crippen LogP contribution in [0.3, 0.4) is 0 Å². The monoisotopic (exact) mass is 325 g/mol. The molecule has 3 rings (SSSR count). The van der Waals surface area contributed by atoms with Gasteiger partial charge in [-0.05, 0) is 23.8 Å². The Bertz CT molecular complexity index is 770. The first kappa shape index (κ1) is 16.1. The second-order valence-corrected chi connectivity index (χ2v) is 5.28. The van der Waals surface area contributed by atoms with Gasteiger partial charge in [0, 0.05) is 19.6 Å². The lowest BCUT2D eigenvalue weighted by molar-refractivity contribution is -0.117. The molecule has 2 aromatic rings. The molecular weight excluding hydrogens is 306 g/mol. The maximum absolute atomic E-state index is 12.7. The Morgan fingerprint density at radius 3 is 2.71 bits per heavy atom. The molecule has 0 saturated carbocycles. The molecule has 0 aromatic heterocycles. The minimum atomic E-state index is -0.0244. The van der Waals surface area contributed by atoms with Crippen molar-refractivity contribution in [3.63, 3.8) is 0 Å². The number of methoxy groups -OCH3 is 2. The van der Waals surface area contributed by atoms with Crippen molar-refractivity contribution in [2.45, 2.75) is 6.42 Å². The number of ether oxygens (including phenoxy) is 3. The quantitative estimate of drug-likeness (QED) is 0.785. The highest BCUT2D eigenvalue weighted by atomic mass is 16.7. The van der Waals surface area contributed by atoms with Gasteiger partial charge in [-0.25, -0.2) is 0 Å². The minimum Gasteiger partial charge on any atom is -0.497 e. The van der Waals surface area contributed by atoms with Crippen LogP contribution in [0.4, 0.5) is 11.4 Å². The number of carbonyl (C=O) groups is 1. The van der Waals surface area contributed by atoms with E-state index < -0.39 is 0 Å². The molecule has 124 valence electrons. The third-order valence-corrected chi connectivity index (χ3v) is 3.76. The van der Waals surface area contributed by atoms with E-state index in [2.05, 4.69) is 0 Å². The lowest BCUT2D eigenvalue weighted by atomic mass is 10.1. The number of nitrogens with zero attached hydrogens (tertiary/aromatic N) is 1. The topological polar surface area (TPSA) is 48.0 Å². The summed E-state index contributed by atoms with van der Waals surface area (Å²) in [5.74, 6) is 1.16. The molecule has 0 bridgehead atoms. The highest BCUT2D eigenvalue weighted by Crippen LogP contribution is 2.39. The zero-order chi connectivity index (χ0) is 16.9. The minimum absolute atomic E-state index is 0.0244. The molecule has 24 heavy (non-hydrogen) atoms. The normalized spacial score (nSPS) is 13.4. The van der Waals surface area contributed by atoms with Crippen LogP contribution in [-0.4, -0.2) is 26.9 Å². The molecule has 2 aromatic carbocycles. The lowest BCUT2D eigenvalue weighted by Gasteiger charge is -2.25. The molecule has 0 saturated heterocycles. The summed E-state index contributed by atoms with van der Waals surface area (Å²) < 4.78 is 15.9. The van der Waals surface area contributed by atoms with Crippen LogP contribution < -0.4 is 14.4 Å². The van der Waals surface area contributed by atoms with E-state index in [-0.39, 0.29) is 12.7 Å². The van der Waals surface area contributed by atoms with Crippen LogP contribution in [0, 0.1) is 0 Å². The predicted molar refractivity (Wildman–Crippen MR) is 92.7 cm³/mol. The molecule has 5 nitrogen and oxygen atoms in total. The Labute approximate surface area is 141 Å². The highest BCUT2D eigenvalue weighted by molar-refractivity contribution is 6.05. The number of para-hydroxylation sites is 1. The van der Waals surface area contributed by atoms with Gasteiger partial charge in [-0.2, -0.15) is 0 Å². The van der Waals surface area contributed by atoms with Gasteiger partial charge >= 0.3 is 0 Å². The highest BCUT2D eigenvalue weighted by Gasteiger charge is 2.24. The second-order valence-electron chi connectivity index (χ2n) is 5.28. The standard InChI is InChI=1S/C19H19NO4/c1-22-13-24-18-12-15(23-2)10-11-17(18)20-16-8-4-3-6-14(16)7-5-9-19(20)21/h3-8,10-12H,9,13H2,1-2H3. The molecule has 0 aliphatic carbocycles. The molecule has 0 unspecified atom stereocenters. The first-order valence-corrected chi connectivity index (χ1v) is 7.63. The van der Waals surface area contributed by atoms with Gasteiger partial charge in [0.1, 0.15) is 11.5 Å². The first-order chi connectivity index (χ1) is 11.7. The zero-order valence-electron chi connectivity index (χ0n) is 13.7. The number of anilines is 2. The van der Waals surface area contributed by atoms with Gasteiger partial charge in [0.05, 0.1) is 18.5 Å². The van der Waals surface area contributed by atoms with Crippen LogP contribution in [0.1, 0.15) is 12.0 Å². The summed E-state index contributed by atoms with van der Waals surface area (Å²) in [5.41, 5.74) is 2.47. The molecule has 1 aliphatic heterocycles. The molecule has 1 aliphatic rings. The Hall–Kier alpha value is -2.79. The number of fused-ring (bicyclic) bond motifs is 1. The van der Waals surface area contributed by atoms with Crippen LogP contribution >= 0.6 is 0 Å². The van der Waals surface area contributed by atoms with E-state index in [1.807, 2.05) is 48.6 Å². The molecular formula is C19H19NO4. The van der Waals surface area contributed by atoms with Crippen LogP contribution in [0.15, 0.2) is 48.5 Å². The molecule has 0 atom stereocenters. The summed E-state index contributed by atoms with van der Waals surface area (Å²) in [6.07, 6.45) is 4.16. The largest absolute Gasteiger partial charge is 0.497 e. The van der Waals surface area contributed by atoms with E-state index in [1.165, 1.54) is 0 Å². The Kier molecular flexibility index (Phi) is 4.82. The van der Waals surface area contributed by atoms with E-state index in [1.54, 1.807) is 25.2 Å². The van der Waals surface area contributed by atoms with Crippen molar-refractivity contribution in [2.24, 2.45) is 0 Å². The van der Waals surface area contributed by atoms with E-state index >= 15 is 0 Å². The average Bonchev–Trinajstić information content (AvgIpc) is 2.78. The van der Waals surface area contributed by atoms with E-state index in [9.17, 15) is 4.79 Å². The van der Waals surface area contributed by atoms with Crippen LogP contribution in [0.5, 0.6) is 11.5 Å². The maximum Gasteiger partial charge on any atom is 0.235 e. The van der Waals surface area contributed by atoms with Gasteiger partial charge in [-0.15, -0.1) is 0 Å². The van der Waals surface area contributed by atoms with Crippen molar-refractivity contribution in [3.8, 4) is 11.5 Å². The predicted octanol–water partition coefficient (Wildman–Crippen LogP) is 3.76. The van der Waals surface area contributed by atoms with Crippen molar-refractivity contribution >= 4 is 23.4 Å². The van der Waals surface area contributed by atoms with Gasteiger partial charge in [-0.1, -0.05) is 30.4 Å². The van der Waals surface area contributed by atoms with Crippen LogP contribution in [0.25, 0.3) is 6.08 Å². The molecule has 0 N–H and O–H groups in total. The van der Waals surface area contributed by atoms with Crippen molar-refractivity contribution in [2.75, 3.05) is 25.9 Å². The number of rotatable bonds is 5. The van der Waals surface area contributed by atoms with Crippen LogP contribution in [0.2, 0.25) is 0 Å². The van der Waals surface area contributed by atoms with E-state index in [0.717, 1.165) is 11.3 Å². The molecule has 0 spiro atoms. The zero-order valence-corrected chi connectivity index (χ0v) is 13.7. The fraction of sp³-hybridized carbons (Fsp3) is 0.211.